The third-order valence-electron chi connectivity index (χ3n) is 4.96. The number of benzene rings is 2. The van der Waals surface area contributed by atoms with Crippen LogP contribution in [0, 0.1) is 0 Å². The molecule has 0 saturated carbocycles. The van der Waals surface area contributed by atoms with Gasteiger partial charge in [0.05, 0.1) is 29.0 Å². The summed E-state index contributed by atoms with van der Waals surface area (Å²) in [4.78, 5) is 22.0. The number of carbonyl (C=O) groups is 1. The summed E-state index contributed by atoms with van der Waals surface area (Å²) < 4.78 is 5.88. The molecule has 5 heteroatoms. The first-order valence-electron chi connectivity index (χ1n) is 9.50. The molecule has 1 atom stereocenters. The number of aromatic nitrogens is 2. The van der Waals surface area contributed by atoms with Crippen LogP contribution < -0.4 is 10.1 Å². The van der Waals surface area contributed by atoms with E-state index >= 15 is 0 Å². The highest BCUT2D eigenvalue weighted by Gasteiger charge is 2.22. The summed E-state index contributed by atoms with van der Waals surface area (Å²) in [6.07, 6.45) is 2.49. The Hall–Kier alpha value is -2.95. The molecule has 0 fully saturated rings. The van der Waals surface area contributed by atoms with Crippen molar-refractivity contribution < 1.29 is 9.53 Å². The van der Waals surface area contributed by atoms with Crippen LogP contribution in [0.2, 0.25) is 0 Å². The monoisotopic (exact) mass is 361 g/mol. The molecule has 0 radical (unpaired) electrons. The third-order valence-corrected chi connectivity index (χ3v) is 4.96. The molecular formula is C22H23N3O2. The molecule has 0 aliphatic carbocycles. The Morgan fingerprint density at radius 2 is 1.81 bits per heavy atom. The topological polar surface area (TPSA) is 64.1 Å². The van der Waals surface area contributed by atoms with E-state index in [1.54, 1.807) is 0 Å². The third kappa shape index (κ3) is 3.50. The number of para-hydroxylation sites is 1. The van der Waals surface area contributed by atoms with E-state index in [2.05, 4.69) is 30.2 Å². The van der Waals surface area contributed by atoms with Crippen LogP contribution in [0.4, 0.5) is 0 Å². The standard InChI is InChI=1S/C22H23N3O2/c1-3-17-18(4-2)25-20-12-15(9-10-19(20)24-17)22(26)23-13-16-11-14-7-5-6-8-21(14)27-16/h5-10,12,16H,3-4,11,13H2,1-2H3,(H,23,26)/t16-/m0/s1. The summed E-state index contributed by atoms with van der Waals surface area (Å²) in [5, 5.41) is 2.98. The van der Waals surface area contributed by atoms with Crippen LogP contribution in [0.15, 0.2) is 42.5 Å². The summed E-state index contributed by atoms with van der Waals surface area (Å²) in [6, 6.07) is 13.5. The van der Waals surface area contributed by atoms with Gasteiger partial charge in [-0.15, -0.1) is 0 Å². The molecule has 2 heterocycles. The maximum atomic E-state index is 12.6. The largest absolute Gasteiger partial charge is 0.488 e. The maximum Gasteiger partial charge on any atom is 0.251 e. The first-order valence-corrected chi connectivity index (χ1v) is 9.50. The Morgan fingerprint density at radius 3 is 2.56 bits per heavy atom. The molecule has 0 saturated heterocycles. The smallest absolute Gasteiger partial charge is 0.251 e. The van der Waals surface area contributed by atoms with Crippen LogP contribution in [0.25, 0.3) is 11.0 Å². The lowest BCUT2D eigenvalue weighted by atomic mass is 10.1. The van der Waals surface area contributed by atoms with Crippen molar-refractivity contribution >= 4 is 16.9 Å². The van der Waals surface area contributed by atoms with Crippen LogP contribution in [0.5, 0.6) is 5.75 Å². The molecule has 1 aromatic heterocycles. The van der Waals surface area contributed by atoms with Crippen molar-refractivity contribution in [3.05, 3.63) is 65.0 Å². The summed E-state index contributed by atoms with van der Waals surface area (Å²) in [7, 11) is 0. The Bertz CT molecular complexity index is 975. The number of hydrogen-bond acceptors (Lipinski definition) is 4. The maximum absolute atomic E-state index is 12.6. The fourth-order valence-corrected chi connectivity index (χ4v) is 3.51. The number of nitrogens with zero attached hydrogens (tertiary/aromatic N) is 2. The van der Waals surface area contributed by atoms with Crippen molar-refractivity contribution in [2.45, 2.75) is 39.2 Å². The number of fused-ring (bicyclic) bond motifs is 2. The lowest BCUT2D eigenvalue weighted by molar-refractivity contribution is 0.0933. The number of hydrogen-bond donors (Lipinski definition) is 1. The first kappa shape index (κ1) is 17.5. The molecular weight excluding hydrogens is 338 g/mol. The van der Waals surface area contributed by atoms with E-state index in [1.807, 2.05) is 36.4 Å². The molecule has 5 nitrogen and oxygen atoms in total. The Morgan fingerprint density at radius 1 is 1.07 bits per heavy atom. The average molecular weight is 361 g/mol. The summed E-state index contributed by atoms with van der Waals surface area (Å²) in [6.45, 7) is 4.64. The van der Waals surface area contributed by atoms with Gasteiger partial charge in [-0.25, -0.2) is 9.97 Å². The zero-order valence-corrected chi connectivity index (χ0v) is 15.7. The van der Waals surface area contributed by atoms with Gasteiger partial charge in [0.1, 0.15) is 11.9 Å². The van der Waals surface area contributed by atoms with Gasteiger partial charge in [-0.3, -0.25) is 4.79 Å². The zero-order valence-electron chi connectivity index (χ0n) is 15.7. The van der Waals surface area contributed by atoms with E-state index in [-0.39, 0.29) is 12.0 Å². The molecule has 0 bridgehead atoms. The van der Waals surface area contributed by atoms with Crippen molar-refractivity contribution in [1.82, 2.24) is 15.3 Å². The minimum absolute atomic E-state index is 0.0228. The van der Waals surface area contributed by atoms with Gasteiger partial charge in [0.25, 0.3) is 5.91 Å². The number of carbonyl (C=O) groups excluding carboxylic acids is 1. The molecule has 0 unspecified atom stereocenters. The molecule has 1 aliphatic rings. The minimum Gasteiger partial charge on any atom is -0.488 e. The highest BCUT2D eigenvalue weighted by Crippen LogP contribution is 2.27. The fraction of sp³-hybridized carbons (Fsp3) is 0.318. The molecule has 138 valence electrons. The van der Waals surface area contributed by atoms with E-state index in [0.717, 1.165) is 47.4 Å². The minimum atomic E-state index is -0.115. The normalized spacial score (nSPS) is 15.4. The van der Waals surface area contributed by atoms with E-state index in [1.165, 1.54) is 5.56 Å². The van der Waals surface area contributed by atoms with Gasteiger partial charge in [0.2, 0.25) is 0 Å². The van der Waals surface area contributed by atoms with Crippen molar-refractivity contribution in [1.29, 1.82) is 0 Å². The molecule has 4 rings (SSSR count). The predicted molar refractivity (Wildman–Crippen MR) is 105 cm³/mol. The molecule has 0 spiro atoms. The second kappa shape index (κ2) is 7.35. The second-order valence-electron chi connectivity index (χ2n) is 6.79. The van der Waals surface area contributed by atoms with Crippen LogP contribution in [0.3, 0.4) is 0 Å². The van der Waals surface area contributed by atoms with Crippen LogP contribution in [0.1, 0.15) is 41.2 Å². The van der Waals surface area contributed by atoms with Gasteiger partial charge >= 0.3 is 0 Å². The fourth-order valence-electron chi connectivity index (χ4n) is 3.51. The number of rotatable bonds is 5. The van der Waals surface area contributed by atoms with Gasteiger partial charge < -0.3 is 10.1 Å². The highest BCUT2D eigenvalue weighted by molar-refractivity contribution is 5.97. The quantitative estimate of drug-likeness (QED) is 0.756. The SMILES string of the molecule is CCc1nc2ccc(C(=O)NC[C@@H]3Cc4ccccc4O3)cc2nc1CC. The Labute approximate surface area is 158 Å². The molecule has 1 amide bonds. The van der Waals surface area contributed by atoms with Crippen LogP contribution >= 0.6 is 0 Å². The Kier molecular flexibility index (Phi) is 4.75. The summed E-state index contributed by atoms with van der Waals surface area (Å²) >= 11 is 0. The van der Waals surface area contributed by atoms with Crippen LogP contribution in [-0.4, -0.2) is 28.5 Å². The van der Waals surface area contributed by atoms with Crippen molar-refractivity contribution in [2.24, 2.45) is 0 Å². The van der Waals surface area contributed by atoms with E-state index in [4.69, 9.17) is 9.72 Å². The lowest BCUT2D eigenvalue weighted by Gasteiger charge is -2.12. The molecule has 2 aromatic carbocycles. The van der Waals surface area contributed by atoms with Gasteiger partial charge in [-0.05, 0) is 42.7 Å². The van der Waals surface area contributed by atoms with Crippen molar-refractivity contribution in [2.75, 3.05) is 6.54 Å². The van der Waals surface area contributed by atoms with E-state index < -0.39 is 0 Å². The van der Waals surface area contributed by atoms with Crippen LogP contribution in [-0.2, 0) is 19.3 Å². The van der Waals surface area contributed by atoms with Crippen molar-refractivity contribution in [3.63, 3.8) is 0 Å². The number of aryl methyl sites for hydroxylation is 2. The van der Waals surface area contributed by atoms with E-state index in [0.29, 0.717) is 12.1 Å². The van der Waals surface area contributed by atoms with Gasteiger partial charge in [-0.1, -0.05) is 32.0 Å². The molecule has 1 aliphatic heterocycles. The summed E-state index contributed by atoms with van der Waals surface area (Å²) in [5.41, 5.74) is 5.41. The number of ether oxygens (including phenoxy) is 1. The van der Waals surface area contributed by atoms with Gasteiger partial charge in [0, 0.05) is 12.0 Å². The number of amides is 1. The van der Waals surface area contributed by atoms with Gasteiger partial charge in [0.15, 0.2) is 0 Å². The zero-order chi connectivity index (χ0) is 18.8. The average Bonchev–Trinajstić information content (AvgIpc) is 3.13. The predicted octanol–water partition coefficient (Wildman–Crippen LogP) is 3.49. The second-order valence-corrected chi connectivity index (χ2v) is 6.79. The molecule has 3 aromatic rings. The van der Waals surface area contributed by atoms with E-state index in [9.17, 15) is 4.79 Å². The van der Waals surface area contributed by atoms with Gasteiger partial charge in [-0.2, -0.15) is 0 Å². The highest BCUT2D eigenvalue weighted by atomic mass is 16.5. The summed E-state index contributed by atoms with van der Waals surface area (Å²) in [5.74, 6) is 0.799. The van der Waals surface area contributed by atoms with Crippen molar-refractivity contribution in [3.8, 4) is 5.75 Å². The lowest BCUT2D eigenvalue weighted by Crippen LogP contribution is -2.34. The molecule has 1 N–H and O–H groups in total. The molecule has 27 heavy (non-hydrogen) atoms. The first-order chi connectivity index (χ1) is 13.2. The Balaban J connectivity index is 1.46. The number of nitrogens with one attached hydrogen (secondary N) is 1.